The fourth-order valence-corrected chi connectivity index (χ4v) is 2.34. The zero-order chi connectivity index (χ0) is 13.8. The van der Waals surface area contributed by atoms with E-state index in [1.807, 2.05) is 20.2 Å². The van der Waals surface area contributed by atoms with Crippen molar-refractivity contribution in [1.82, 2.24) is 5.32 Å². The summed E-state index contributed by atoms with van der Waals surface area (Å²) in [5.41, 5.74) is 3.24. The van der Waals surface area contributed by atoms with Gasteiger partial charge in [-0.2, -0.15) is 0 Å². The average molecular weight is 323 g/mol. The monoisotopic (exact) mass is 322 g/mol. The van der Waals surface area contributed by atoms with Crippen molar-refractivity contribution in [3.05, 3.63) is 58.3 Å². The van der Waals surface area contributed by atoms with Crippen molar-refractivity contribution >= 4 is 27.3 Å². The normalized spacial score (nSPS) is 10.5. The summed E-state index contributed by atoms with van der Waals surface area (Å²) >= 11 is 3.49. The second-order valence-corrected chi connectivity index (χ2v) is 5.25. The number of hydrogen-bond donors (Lipinski definition) is 1. The molecule has 0 fully saturated rings. The maximum atomic E-state index is 13.0. The van der Waals surface area contributed by atoms with Crippen molar-refractivity contribution in [3.8, 4) is 0 Å². The van der Waals surface area contributed by atoms with E-state index < -0.39 is 0 Å². The number of nitrogens with one attached hydrogen (secondary N) is 1. The maximum Gasteiger partial charge on any atom is 0.123 e. The molecule has 0 aliphatic carbocycles. The second-order valence-electron chi connectivity index (χ2n) is 4.34. The van der Waals surface area contributed by atoms with E-state index in [1.54, 1.807) is 12.1 Å². The van der Waals surface area contributed by atoms with Gasteiger partial charge in [0, 0.05) is 29.4 Å². The molecule has 0 aliphatic rings. The molecule has 0 unspecified atom stereocenters. The first-order chi connectivity index (χ1) is 9.11. The Morgan fingerprint density at radius 3 is 2.47 bits per heavy atom. The standard InChI is InChI=1S/C15H16BrFN2/c1-18-10-11-3-4-12(16)9-15(11)19(2)14-7-5-13(17)6-8-14/h3-9,18H,10H2,1-2H3. The Bertz CT molecular complexity index is 555. The first kappa shape index (κ1) is 14.0. The molecule has 2 nitrogen and oxygen atoms in total. The summed E-state index contributed by atoms with van der Waals surface area (Å²) in [5, 5.41) is 3.16. The van der Waals surface area contributed by atoms with Crippen LogP contribution in [0, 0.1) is 5.82 Å². The van der Waals surface area contributed by atoms with Crippen molar-refractivity contribution in [1.29, 1.82) is 0 Å². The molecular formula is C15H16BrFN2. The molecule has 0 heterocycles. The van der Waals surface area contributed by atoms with Crippen LogP contribution in [0.1, 0.15) is 5.56 Å². The minimum Gasteiger partial charge on any atom is -0.344 e. The molecule has 1 N–H and O–H groups in total. The molecule has 2 rings (SSSR count). The van der Waals surface area contributed by atoms with Crippen LogP contribution in [0.25, 0.3) is 0 Å². The van der Waals surface area contributed by atoms with Gasteiger partial charge in [0.1, 0.15) is 5.82 Å². The van der Waals surface area contributed by atoms with Crippen molar-refractivity contribution in [2.45, 2.75) is 6.54 Å². The van der Waals surface area contributed by atoms with Crippen LogP contribution in [0.3, 0.4) is 0 Å². The highest BCUT2D eigenvalue weighted by atomic mass is 79.9. The van der Waals surface area contributed by atoms with Gasteiger partial charge in [0.15, 0.2) is 0 Å². The molecule has 2 aromatic carbocycles. The number of nitrogens with zero attached hydrogens (tertiary/aromatic N) is 1. The van der Waals surface area contributed by atoms with Crippen LogP contribution >= 0.6 is 15.9 Å². The van der Waals surface area contributed by atoms with Crippen LogP contribution in [0.15, 0.2) is 46.9 Å². The van der Waals surface area contributed by atoms with Gasteiger partial charge in [-0.05, 0) is 49.0 Å². The molecule has 2 aromatic rings. The predicted octanol–water partition coefficient (Wildman–Crippen LogP) is 4.08. The van der Waals surface area contributed by atoms with E-state index in [1.165, 1.54) is 17.7 Å². The lowest BCUT2D eigenvalue weighted by molar-refractivity contribution is 0.628. The van der Waals surface area contributed by atoms with Gasteiger partial charge in [0.2, 0.25) is 0 Å². The smallest absolute Gasteiger partial charge is 0.123 e. The minimum absolute atomic E-state index is 0.221. The predicted molar refractivity (Wildman–Crippen MR) is 81.4 cm³/mol. The van der Waals surface area contributed by atoms with E-state index in [-0.39, 0.29) is 5.82 Å². The van der Waals surface area contributed by atoms with Crippen LogP contribution in [-0.2, 0) is 6.54 Å². The van der Waals surface area contributed by atoms with Crippen molar-refractivity contribution in [2.24, 2.45) is 0 Å². The van der Waals surface area contributed by atoms with E-state index in [0.717, 1.165) is 22.4 Å². The summed E-state index contributed by atoms with van der Waals surface area (Å²) in [4.78, 5) is 2.05. The SMILES string of the molecule is CNCc1ccc(Br)cc1N(C)c1ccc(F)cc1. The molecule has 0 radical (unpaired) electrons. The number of rotatable bonds is 4. The van der Waals surface area contributed by atoms with Crippen molar-refractivity contribution < 1.29 is 4.39 Å². The topological polar surface area (TPSA) is 15.3 Å². The lowest BCUT2D eigenvalue weighted by Crippen LogP contribution is -2.15. The molecule has 19 heavy (non-hydrogen) atoms. The zero-order valence-corrected chi connectivity index (χ0v) is 12.5. The highest BCUT2D eigenvalue weighted by Gasteiger charge is 2.09. The third-order valence-corrected chi connectivity index (χ3v) is 3.48. The third kappa shape index (κ3) is 3.33. The quantitative estimate of drug-likeness (QED) is 0.912. The summed E-state index contributed by atoms with van der Waals surface area (Å²) in [6.45, 7) is 0.786. The van der Waals surface area contributed by atoms with E-state index in [2.05, 4.69) is 38.3 Å². The Kier molecular flexibility index (Phi) is 4.56. The number of halogens is 2. The first-order valence-corrected chi connectivity index (χ1v) is 6.83. The summed E-state index contributed by atoms with van der Waals surface area (Å²) in [5.74, 6) is -0.221. The Hall–Kier alpha value is -1.39. The maximum absolute atomic E-state index is 13.0. The molecule has 0 amide bonds. The molecule has 0 saturated carbocycles. The van der Waals surface area contributed by atoms with E-state index >= 15 is 0 Å². The minimum atomic E-state index is -0.221. The highest BCUT2D eigenvalue weighted by molar-refractivity contribution is 9.10. The number of hydrogen-bond acceptors (Lipinski definition) is 2. The van der Waals surface area contributed by atoms with E-state index in [0.29, 0.717) is 0 Å². The van der Waals surface area contributed by atoms with Crippen LogP contribution in [0.2, 0.25) is 0 Å². The van der Waals surface area contributed by atoms with Gasteiger partial charge in [0.05, 0.1) is 0 Å². The van der Waals surface area contributed by atoms with Gasteiger partial charge >= 0.3 is 0 Å². The highest BCUT2D eigenvalue weighted by Crippen LogP contribution is 2.30. The molecule has 0 aromatic heterocycles. The Morgan fingerprint density at radius 2 is 1.84 bits per heavy atom. The van der Waals surface area contributed by atoms with Crippen LogP contribution in [0.4, 0.5) is 15.8 Å². The molecular weight excluding hydrogens is 307 g/mol. The van der Waals surface area contributed by atoms with Crippen LogP contribution in [-0.4, -0.2) is 14.1 Å². The van der Waals surface area contributed by atoms with Gasteiger partial charge < -0.3 is 10.2 Å². The third-order valence-electron chi connectivity index (χ3n) is 2.99. The summed E-state index contributed by atoms with van der Waals surface area (Å²) in [6.07, 6.45) is 0. The van der Waals surface area contributed by atoms with Gasteiger partial charge in [-0.25, -0.2) is 4.39 Å². The largest absolute Gasteiger partial charge is 0.344 e. The molecule has 0 spiro atoms. The van der Waals surface area contributed by atoms with E-state index in [4.69, 9.17) is 0 Å². The molecule has 4 heteroatoms. The summed E-state index contributed by atoms with van der Waals surface area (Å²) < 4.78 is 14.0. The number of benzene rings is 2. The summed E-state index contributed by atoms with van der Waals surface area (Å²) in [6, 6.07) is 12.7. The fraction of sp³-hybridized carbons (Fsp3) is 0.200. The second kappa shape index (κ2) is 6.17. The lowest BCUT2D eigenvalue weighted by atomic mass is 10.1. The van der Waals surface area contributed by atoms with Crippen molar-refractivity contribution in [2.75, 3.05) is 19.0 Å². The average Bonchev–Trinajstić information content (AvgIpc) is 2.41. The Labute approximate surface area is 121 Å². The molecule has 0 saturated heterocycles. The number of anilines is 2. The van der Waals surface area contributed by atoms with Crippen LogP contribution in [0.5, 0.6) is 0 Å². The first-order valence-electron chi connectivity index (χ1n) is 6.04. The van der Waals surface area contributed by atoms with Gasteiger partial charge in [-0.15, -0.1) is 0 Å². The Morgan fingerprint density at radius 1 is 1.16 bits per heavy atom. The Balaban J connectivity index is 2.39. The molecule has 0 aliphatic heterocycles. The van der Waals surface area contributed by atoms with Crippen molar-refractivity contribution in [3.63, 3.8) is 0 Å². The van der Waals surface area contributed by atoms with E-state index in [9.17, 15) is 4.39 Å². The molecule has 0 bridgehead atoms. The van der Waals surface area contributed by atoms with Gasteiger partial charge in [-0.3, -0.25) is 0 Å². The summed E-state index contributed by atoms with van der Waals surface area (Å²) in [7, 11) is 3.90. The van der Waals surface area contributed by atoms with Gasteiger partial charge in [-0.1, -0.05) is 22.0 Å². The zero-order valence-electron chi connectivity index (χ0n) is 11.0. The van der Waals surface area contributed by atoms with Gasteiger partial charge in [0.25, 0.3) is 0 Å². The fourth-order valence-electron chi connectivity index (χ4n) is 1.99. The lowest BCUT2D eigenvalue weighted by Gasteiger charge is -2.23. The molecule has 0 atom stereocenters. The molecule has 100 valence electrons. The van der Waals surface area contributed by atoms with Crippen LogP contribution < -0.4 is 10.2 Å².